The minimum atomic E-state index is -0.0000463. The van der Waals surface area contributed by atoms with Gasteiger partial charge in [-0.15, -0.1) is 0 Å². The molecule has 2 nitrogen and oxygen atoms in total. The lowest BCUT2D eigenvalue weighted by Gasteiger charge is -2.02. The van der Waals surface area contributed by atoms with E-state index in [4.69, 9.17) is 10.2 Å². The highest BCUT2D eigenvalue weighted by atomic mass is 16.3. The molecule has 64 valence electrons. The van der Waals surface area contributed by atoms with E-state index < -0.39 is 0 Å². The zero-order valence-electron chi connectivity index (χ0n) is 6.99. The van der Waals surface area contributed by atoms with E-state index in [0.29, 0.717) is 0 Å². The van der Waals surface area contributed by atoms with Crippen molar-refractivity contribution in [1.82, 2.24) is 0 Å². The molecule has 0 atom stereocenters. The van der Waals surface area contributed by atoms with Gasteiger partial charge in [-0.05, 0) is 30.2 Å². The number of aliphatic hydroxyl groups excluding tert-OH is 1. The molecule has 0 aliphatic heterocycles. The average molecular weight is 164 g/mol. The molecule has 2 N–H and O–H groups in total. The highest BCUT2D eigenvalue weighted by Gasteiger charge is 1.98. The first-order valence-corrected chi connectivity index (χ1v) is 3.83. The average Bonchev–Trinajstić information content (AvgIpc) is 2.05. The van der Waals surface area contributed by atoms with Crippen LogP contribution in [0.5, 0.6) is 5.75 Å². The van der Waals surface area contributed by atoms with Crippen molar-refractivity contribution in [2.24, 2.45) is 0 Å². The van der Waals surface area contributed by atoms with Gasteiger partial charge in [0.2, 0.25) is 0 Å². The molecular weight excluding hydrogens is 152 g/mol. The van der Waals surface area contributed by atoms with E-state index >= 15 is 0 Å². The van der Waals surface area contributed by atoms with Crippen molar-refractivity contribution in [2.75, 3.05) is 0 Å². The first-order chi connectivity index (χ1) is 5.77. The van der Waals surface area contributed by atoms with Crippen LogP contribution in [0.4, 0.5) is 0 Å². The van der Waals surface area contributed by atoms with Crippen LogP contribution in [0, 0.1) is 0 Å². The van der Waals surface area contributed by atoms with Gasteiger partial charge in [0.15, 0.2) is 0 Å². The lowest BCUT2D eigenvalue weighted by atomic mass is 10.1. The van der Waals surface area contributed by atoms with Gasteiger partial charge in [-0.3, -0.25) is 0 Å². The Balaban J connectivity index is 3.12. The smallest absolute Gasteiger partial charge is 0.116 e. The molecule has 0 heterocycles. The van der Waals surface area contributed by atoms with Crippen LogP contribution in [0.15, 0.2) is 24.3 Å². The Kier molecular flexibility index (Phi) is 2.88. The van der Waals surface area contributed by atoms with Gasteiger partial charge >= 0.3 is 0 Å². The molecule has 0 radical (unpaired) electrons. The Bertz CT molecular complexity index is 290. The second-order valence-electron chi connectivity index (χ2n) is 2.54. The van der Waals surface area contributed by atoms with Gasteiger partial charge in [0.1, 0.15) is 5.75 Å². The zero-order valence-corrected chi connectivity index (χ0v) is 6.99. The molecule has 1 aromatic rings. The predicted molar refractivity (Wildman–Crippen MR) is 48.7 cm³/mol. The van der Waals surface area contributed by atoms with E-state index in [1.54, 1.807) is 18.2 Å². The summed E-state index contributed by atoms with van der Waals surface area (Å²) in [6.45, 7) is 1.89. The van der Waals surface area contributed by atoms with Crippen molar-refractivity contribution in [2.45, 2.75) is 13.5 Å². The summed E-state index contributed by atoms with van der Waals surface area (Å²) >= 11 is 0. The number of phenols is 1. The predicted octanol–water partition coefficient (Wildman–Crippen LogP) is 1.92. The van der Waals surface area contributed by atoms with Crippen molar-refractivity contribution in [3.63, 3.8) is 0 Å². The minimum Gasteiger partial charge on any atom is -0.508 e. The summed E-state index contributed by atoms with van der Waals surface area (Å²) in [4.78, 5) is 0. The topological polar surface area (TPSA) is 40.5 Å². The largest absolute Gasteiger partial charge is 0.508 e. The molecule has 0 aromatic heterocycles. The molecule has 0 saturated heterocycles. The first kappa shape index (κ1) is 8.81. The van der Waals surface area contributed by atoms with Crippen LogP contribution >= 0.6 is 0 Å². The fraction of sp³-hybridized carbons (Fsp3) is 0.200. The van der Waals surface area contributed by atoms with Crippen molar-refractivity contribution < 1.29 is 10.2 Å². The SMILES string of the molecule is C/C=C/c1cc(O)ccc1CO. The molecule has 0 spiro atoms. The summed E-state index contributed by atoms with van der Waals surface area (Å²) in [5.41, 5.74) is 1.69. The Morgan fingerprint density at radius 2 is 2.17 bits per heavy atom. The van der Waals surface area contributed by atoms with E-state index in [1.165, 1.54) is 0 Å². The van der Waals surface area contributed by atoms with E-state index in [-0.39, 0.29) is 12.4 Å². The summed E-state index contributed by atoms with van der Waals surface area (Å²) in [7, 11) is 0. The monoisotopic (exact) mass is 164 g/mol. The van der Waals surface area contributed by atoms with Crippen LogP contribution < -0.4 is 0 Å². The molecule has 1 aromatic carbocycles. The van der Waals surface area contributed by atoms with Gasteiger partial charge in [-0.1, -0.05) is 18.2 Å². The van der Waals surface area contributed by atoms with Crippen LogP contribution in [-0.4, -0.2) is 10.2 Å². The van der Waals surface area contributed by atoms with E-state index in [9.17, 15) is 0 Å². The second-order valence-corrected chi connectivity index (χ2v) is 2.54. The molecule has 1 rings (SSSR count). The highest BCUT2D eigenvalue weighted by molar-refractivity contribution is 5.55. The molecule has 0 unspecified atom stereocenters. The molecule has 0 amide bonds. The van der Waals surface area contributed by atoms with Gasteiger partial charge in [0.25, 0.3) is 0 Å². The molecule has 0 saturated carbocycles. The van der Waals surface area contributed by atoms with Gasteiger partial charge in [-0.2, -0.15) is 0 Å². The lowest BCUT2D eigenvalue weighted by Crippen LogP contribution is -1.87. The van der Waals surface area contributed by atoms with Crippen molar-refractivity contribution in [3.8, 4) is 5.75 Å². The maximum absolute atomic E-state index is 9.14. The third kappa shape index (κ3) is 1.86. The number of rotatable bonds is 2. The molecule has 0 aliphatic carbocycles. The van der Waals surface area contributed by atoms with Crippen molar-refractivity contribution >= 4 is 6.08 Å². The summed E-state index contributed by atoms with van der Waals surface area (Å²) in [5, 5.41) is 18.1. The number of benzene rings is 1. The highest BCUT2D eigenvalue weighted by Crippen LogP contribution is 2.17. The molecule has 2 heteroatoms. The molecule has 0 aliphatic rings. The van der Waals surface area contributed by atoms with E-state index in [2.05, 4.69) is 0 Å². The summed E-state index contributed by atoms with van der Waals surface area (Å²) in [6, 6.07) is 4.91. The maximum atomic E-state index is 9.14. The normalized spacial score (nSPS) is 10.8. The fourth-order valence-corrected chi connectivity index (χ4v) is 1.06. The van der Waals surface area contributed by atoms with E-state index in [0.717, 1.165) is 11.1 Å². The van der Waals surface area contributed by atoms with Crippen LogP contribution in [-0.2, 0) is 6.61 Å². The van der Waals surface area contributed by atoms with Crippen LogP contribution in [0.1, 0.15) is 18.1 Å². The van der Waals surface area contributed by atoms with Crippen molar-refractivity contribution in [1.29, 1.82) is 0 Å². The van der Waals surface area contributed by atoms with Gasteiger partial charge < -0.3 is 10.2 Å². The Hall–Kier alpha value is -1.28. The van der Waals surface area contributed by atoms with Crippen LogP contribution in [0.25, 0.3) is 6.08 Å². The Morgan fingerprint density at radius 3 is 2.75 bits per heavy atom. The number of phenolic OH excluding ortho intramolecular Hbond substituents is 1. The summed E-state index contributed by atoms with van der Waals surface area (Å²) in [6.07, 6.45) is 3.72. The minimum absolute atomic E-state index is 0.0000463. The number of aromatic hydroxyl groups is 1. The number of hydrogen-bond acceptors (Lipinski definition) is 2. The van der Waals surface area contributed by atoms with Crippen molar-refractivity contribution in [3.05, 3.63) is 35.4 Å². The van der Waals surface area contributed by atoms with Gasteiger partial charge in [0, 0.05) is 0 Å². The molecule has 12 heavy (non-hydrogen) atoms. The van der Waals surface area contributed by atoms with Crippen LogP contribution in [0.2, 0.25) is 0 Å². The fourth-order valence-electron chi connectivity index (χ4n) is 1.06. The van der Waals surface area contributed by atoms with Gasteiger partial charge in [0.05, 0.1) is 6.61 Å². The molecule has 0 fully saturated rings. The third-order valence-electron chi connectivity index (χ3n) is 1.65. The Labute approximate surface area is 71.8 Å². The van der Waals surface area contributed by atoms with Crippen LogP contribution in [0.3, 0.4) is 0 Å². The third-order valence-corrected chi connectivity index (χ3v) is 1.65. The lowest BCUT2D eigenvalue weighted by molar-refractivity contribution is 0.281. The number of hydrogen-bond donors (Lipinski definition) is 2. The standard InChI is InChI=1S/C10H12O2/c1-2-3-8-6-10(12)5-4-9(8)7-11/h2-6,11-12H,7H2,1H3/b3-2+. The molecular formula is C10H12O2. The Morgan fingerprint density at radius 1 is 1.42 bits per heavy atom. The quantitative estimate of drug-likeness (QED) is 0.701. The zero-order chi connectivity index (χ0) is 8.97. The van der Waals surface area contributed by atoms with E-state index in [1.807, 2.05) is 19.1 Å². The first-order valence-electron chi connectivity index (χ1n) is 3.83. The van der Waals surface area contributed by atoms with Gasteiger partial charge in [-0.25, -0.2) is 0 Å². The molecule has 0 bridgehead atoms. The summed E-state index contributed by atoms with van der Waals surface area (Å²) in [5.74, 6) is 0.223. The summed E-state index contributed by atoms with van der Waals surface area (Å²) < 4.78 is 0. The number of aliphatic hydroxyl groups is 1. The maximum Gasteiger partial charge on any atom is 0.116 e. The second kappa shape index (κ2) is 3.93. The number of allylic oxidation sites excluding steroid dienone is 1.